The first-order chi connectivity index (χ1) is 16.2. The number of thiophene rings is 1. The number of hydrogen-bond donors (Lipinski definition) is 1. The molecule has 1 N–H and O–H groups in total. The number of phenolic OH excluding ortho intramolecular Hbond substituents is 1. The van der Waals surface area contributed by atoms with Crippen molar-refractivity contribution in [3.63, 3.8) is 0 Å². The van der Waals surface area contributed by atoms with Crippen molar-refractivity contribution in [3.8, 4) is 11.5 Å². The van der Waals surface area contributed by atoms with Gasteiger partial charge in [0.25, 0.3) is 5.91 Å². The number of piperazine rings is 1. The molecule has 2 heterocycles. The van der Waals surface area contributed by atoms with E-state index in [0.717, 1.165) is 45.6 Å². The molecule has 6 heteroatoms. The zero-order valence-corrected chi connectivity index (χ0v) is 19.3. The van der Waals surface area contributed by atoms with E-state index in [-0.39, 0.29) is 17.7 Å². The van der Waals surface area contributed by atoms with Gasteiger partial charge in [-0.15, -0.1) is 11.3 Å². The number of phenols is 1. The first-order valence-electron chi connectivity index (χ1n) is 11.1. The van der Waals surface area contributed by atoms with Crippen LogP contribution in [0.1, 0.15) is 26.8 Å². The quantitative estimate of drug-likeness (QED) is 0.449. The number of carbonyl (C=O) groups is 1. The predicted octanol–water partition coefficient (Wildman–Crippen LogP) is 5.16. The zero-order chi connectivity index (χ0) is 22.8. The minimum atomic E-state index is -0.138. The molecule has 0 radical (unpaired) electrons. The fraction of sp³-hybridized carbons (Fsp3) is 0.222. The molecule has 1 aliphatic heterocycles. The Kier molecular flexibility index (Phi) is 6.03. The molecule has 0 spiro atoms. The van der Waals surface area contributed by atoms with E-state index in [9.17, 15) is 9.90 Å². The molecule has 5 rings (SSSR count). The molecule has 1 aliphatic rings. The molecular weight excluding hydrogens is 432 g/mol. The third-order valence-electron chi connectivity index (χ3n) is 6.33. The Hall–Kier alpha value is -3.35. The third-order valence-corrected chi connectivity index (χ3v) is 7.19. The molecule has 1 aromatic heterocycles. The van der Waals surface area contributed by atoms with Crippen molar-refractivity contribution >= 4 is 28.0 Å². The smallest absolute Gasteiger partial charge is 0.264 e. The molecule has 1 atom stereocenters. The maximum Gasteiger partial charge on any atom is 0.264 e. The molecule has 1 amide bonds. The van der Waals surface area contributed by atoms with Crippen LogP contribution in [0.2, 0.25) is 0 Å². The van der Waals surface area contributed by atoms with E-state index in [1.807, 2.05) is 64.9 Å². The number of fused-ring (bicyclic) bond motifs is 1. The van der Waals surface area contributed by atoms with Crippen LogP contribution in [-0.4, -0.2) is 54.1 Å². The summed E-state index contributed by atoms with van der Waals surface area (Å²) in [6.07, 6.45) is 0. The van der Waals surface area contributed by atoms with Crippen molar-refractivity contribution in [3.05, 3.63) is 94.2 Å². The van der Waals surface area contributed by atoms with E-state index in [2.05, 4.69) is 17.0 Å². The van der Waals surface area contributed by atoms with Gasteiger partial charge >= 0.3 is 0 Å². The molecule has 3 aromatic carbocycles. The third kappa shape index (κ3) is 4.19. The zero-order valence-electron chi connectivity index (χ0n) is 18.5. The van der Waals surface area contributed by atoms with Gasteiger partial charge in [-0.3, -0.25) is 9.69 Å². The Morgan fingerprint density at radius 1 is 0.970 bits per heavy atom. The van der Waals surface area contributed by atoms with Crippen LogP contribution < -0.4 is 4.74 Å². The first kappa shape index (κ1) is 21.5. The first-order valence-corrected chi connectivity index (χ1v) is 11.9. The summed E-state index contributed by atoms with van der Waals surface area (Å²) >= 11 is 1.48. The van der Waals surface area contributed by atoms with Gasteiger partial charge in [0.05, 0.1) is 18.0 Å². The topological polar surface area (TPSA) is 53.0 Å². The van der Waals surface area contributed by atoms with E-state index < -0.39 is 0 Å². The van der Waals surface area contributed by atoms with Crippen LogP contribution in [-0.2, 0) is 0 Å². The van der Waals surface area contributed by atoms with E-state index in [0.29, 0.717) is 13.1 Å². The Bertz CT molecular complexity index is 1250. The molecule has 33 heavy (non-hydrogen) atoms. The van der Waals surface area contributed by atoms with E-state index in [4.69, 9.17) is 4.74 Å². The number of amides is 1. The van der Waals surface area contributed by atoms with Crippen LogP contribution in [0.15, 0.2) is 78.2 Å². The number of benzene rings is 3. The fourth-order valence-corrected chi connectivity index (χ4v) is 5.35. The number of rotatable bonds is 5. The molecular formula is C27H26N2O3S. The number of methoxy groups -OCH3 is 1. The normalized spacial score (nSPS) is 15.5. The van der Waals surface area contributed by atoms with Gasteiger partial charge in [-0.1, -0.05) is 48.5 Å². The molecule has 1 fully saturated rings. The lowest BCUT2D eigenvalue weighted by Crippen LogP contribution is -2.49. The predicted molar refractivity (Wildman–Crippen MR) is 132 cm³/mol. The highest BCUT2D eigenvalue weighted by Gasteiger charge is 2.31. The number of hydrogen-bond acceptors (Lipinski definition) is 5. The van der Waals surface area contributed by atoms with Gasteiger partial charge in [0.15, 0.2) is 0 Å². The van der Waals surface area contributed by atoms with E-state index >= 15 is 0 Å². The highest BCUT2D eigenvalue weighted by Crippen LogP contribution is 2.40. The minimum absolute atomic E-state index is 0.0960. The lowest BCUT2D eigenvalue weighted by molar-refractivity contribution is 0.0601. The lowest BCUT2D eigenvalue weighted by atomic mass is 9.91. The van der Waals surface area contributed by atoms with Gasteiger partial charge in [0.2, 0.25) is 0 Å². The number of ether oxygens (including phenoxy) is 1. The van der Waals surface area contributed by atoms with Crippen LogP contribution >= 0.6 is 11.3 Å². The maximum absolute atomic E-state index is 12.8. The molecule has 0 saturated carbocycles. The summed E-state index contributed by atoms with van der Waals surface area (Å²) < 4.78 is 5.49. The van der Waals surface area contributed by atoms with Crippen LogP contribution in [0.3, 0.4) is 0 Å². The average molecular weight is 459 g/mol. The highest BCUT2D eigenvalue weighted by molar-refractivity contribution is 7.12. The summed E-state index contributed by atoms with van der Waals surface area (Å²) in [6, 6.07) is 23.6. The van der Waals surface area contributed by atoms with Crippen molar-refractivity contribution in [2.24, 2.45) is 0 Å². The van der Waals surface area contributed by atoms with Crippen LogP contribution in [0.25, 0.3) is 10.8 Å². The molecule has 1 saturated heterocycles. The van der Waals surface area contributed by atoms with Crippen LogP contribution in [0, 0.1) is 0 Å². The average Bonchev–Trinajstić information content (AvgIpc) is 3.41. The monoisotopic (exact) mass is 458 g/mol. The summed E-state index contributed by atoms with van der Waals surface area (Å²) in [5.74, 6) is 1.12. The second-order valence-corrected chi connectivity index (χ2v) is 9.15. The van der Waals surface area contributed by atoms with Gasteiger partial charge in [0, 0.05) is 31.7 Å². The van der Waals surface area contributed by atoms with E-state index in [1.165, 1.54) is 11.3 Å². The van der Waals surface area contributed by atoms with Crippen molar-refractivity contribution in [2.75, 3.05) is 33.3 Å². The summed E-state index contributed by atoms with van der Waals surface area (Å²) in [4.78, 5) is 17.9. The summed E-state index contributed by atoms with van der Waals surface area (Å²) in [6.45, 7) is 2.73. The largest absolute Gasteiger partial charge is 0.508 e. The van der Waals surface area contributed by atoms with Crippen molar-refractivity contribution in [1.82, 2.24) is 9.80 Å². The Labute approximate surface area is 197 Å². The number of carbonyl (C=O) groups excluding carboxylic acids is 1. The van der Waals surface area contributed by atoms with E-state index in [1.54, 1.807) is 13.2 Å². The Morgan fingerprint density at radius 3 is 2.42 bits per heavy atom. The SMILES string of the molecule is COc1ccc2ccc(O)c([C@H](c3ccccc3)N3CCN(C(=O)c4cccs4)CC3)c2c1. The second-order valence-electron chi connectivity index (χ2n) is 8.20. The van der Waals surface area contributed by atoms with Crippen LogP contribution in [0.5, 0.6) is 11.5 Å². The molecule has 5 nitrogen and oxygen atoms in total. The number of nitrogens with zero attached hydrogens (tertiary/aromatic N) is 2. The standard InChI is InChI=1S/C27H26N2O3S/c1-32-21-11-9-19-10-12-23(30)25(22(19)18-21)26(20-6-3-2-4-7-20)28-13-15-29(16-14-28)27(31)24-8-5-17-33-24/h2-12,17-18,26,30H,13-16H2,1H3/t26-/m0/s1. The molecule has 0 aliphatic carbocycles. The fourth-order valence-electron chi connectivity index (χ4n) is 4.66. The minimum Gasteiger partial charge on any atom is -0.508 e. The van der Waals surface area contributed by atoms with Gasteiger partial charge in [-0.05, 0) is 46.0 Å². The Morgan fingerprint density at radius 2 is 1.73 bits per heavy atom. The summed E-state index contributed by atoms with van der Waals surface area (Å²) in [5.41, 5.74) is 1.98. The molecule has 0 bridgehead atoms. The maximum atomic E-state index is 12.8. The molecule has 0 unspecified atom stereocenters. The van der Waals surface area contributed by atoms with Crippen molar-refractivity contribution < 1.29 is 14.6 Å². The molecule has 168 valence electrons. The van der Waals surface area contributed by atoms with Gasteiger partial charge in [-0.2, -0.15) is 0 Å². The van der Waals surface area contributed by atoms with Crippen molar-refractivity contribution in [2.45, 2.75) is 6.04 Å². The number of aromatic hydroxyl groups is 1. The van der Waals surface area contributed by atoms with Gasteiger partial charge < -0.3 is 14.7 Å². The highest BCUT2D eigenvalue weighted by atomic mass is 32.1. The summed E-state index contributed by atoms with van der Waals surface area (Å²) in [7, 11) is 1.65. The Balaban J connectivity index is 1.53. The van der Waals surface area contributed by atoms with Gasteiger partial charge in [-0.25, -0.2) is 0 Å². The summed E-state index contributed by atoms with van der Waals surface area (Å²) in [5, 5.41) is 15.0. The molecule has 4 aromatic rings. The van der Waals surface area contributed by atoms with Crippen LogP contribution in [0.4, 0.5) is 0 Å². The van der Waals surface area contributed by atoms with Crippen molar-refractivity contribution in [1.29, 1.82) is 0 Å². The van der Waals surface area contributed by atoms with Gasteiger partial charge in [0.1, 0.15) is 11.5 Å². The lowest BCUT2D eigenvalue weighted by Gasteiger charge is -2.40. The second kappa shape index (κ2) is 9.25.